The van der Waals surface area contributed by atoms with Crippen LogP contribution in [0.3, 0.4) is 0 Å². The first-order valence-corrected chi connectivity index (χ1v) is 6.89. The van der Waals surface area contributed by atoms with Gasteiger partial charge in [-0.1, -0.05) is 18.2 Å². The molecule has 2 heterocycles. The van der Waals surface area contributed by atoms with Gasteiger partial charge in [-0.05, 0) is 11.6 Å². The molecule has 4 heteroatoms. The minimum absolute atomic E-state index is 0.147. The first-order chi connectivity index (χ1) is 9.31. The Kier molecular flexibility index (Phi) is 3.73. The predicted octanol–water partition coefficient (Wildman–Crippen LogP) is 1.39. The van der Waals surface area contributed by atoms with Crippen LogP contribution in [-0.2, 0) is 15.9 Å². The Morgan fingerprint density at radius 2 is 2.32 bits per heavy atom. The van der Waals surface area contributed by atoms with Gasteiger partial charge in [-0.3, -0.25) is 0 Å². The molecule has 2 aliphatic rings. The van der Waals surface area contributed by atoms with Crippen molar-refractivity contribution < 1.29 is 14.2 Å². The van der Waals surface area contributed by atoms with Gasteiger partial charge in [0.05, 0.1) is 6.61 Å². The number of nitrogens with one attached hydrogen (secondary N) is 1. The van der Waals surface area contributed by atoms with E-state index in [-0.39, 0.29) is 11.7 Å². The van der Waals surface area contributed by atoms with Crippen molar-refractivity contribution in [2.75, 3.05) is 33.4 Å². The van der Waals surface area contributed by atoms with Crippen molar-refractivity contribution in [3.63, 3.8) is 0 Å². The van der Waals surface area contributed by atoms with Crippen molar-refractivity contribution in [1.82, 2.24) is 5.32 Å². The maximum atomic E-state index is 5.90. The fourth-order valence-electron chi connectivity index (χ4n) is 2.79. The monoisotopic (exact) mass is 263 g/mol. The molecule has 0 radical (unpaired) electrons. The summed E-state index contributed by atoms with van der Waals surface area (Å²) in [4.78, 5) is 0. The molecule has 0 saturated carbocycles. The molecule has 2 unspecified atom stereocenters. The summed E-state index contributed by atoms with van der Waals surface area (Å²) in [7, 11) is 1.76. The van der Waals surface area contributed by atoms with Gasteiger partial charge in [-0.25, -0.2) is 0 Å². The van der Waals surface area contributed by atoms with E-state index in [0.717, 1.165) is 38.3 Å². The Hall–Kier alpha value is -1.10. The Bertz CT molecular complexity index is 404. The third kappa shape index (κ3) is 2.76. The number of para-hydroxylation sites is 1. The summed E-state index contributed by atoms with van der Waals surface area (Å²) in [5, 5.41) is 3.47. The fraction of sp³-hybridized carbons (Fsp3) is 0.600. The zero-order valence-electron chi connectivity index (χ0n) is 11.4. The minimum atomic E-state index is -0.147. The highest BCUT2D eigenvalue weighted by atomic mass is 16.5. The van der Waals surface area contributed by atoms with Crippen LogP contribution in [0.5, 0.6) is 5.75 Å². The van der Waals surface area contributed by atoms with Crippen molar-refractivity contribution in [1.29, 1.82) is 0 Å². The number of methoxy groups -OCH3 is 1. The first kappa shape index (κ1) is 12.9. The van der Waals surface area contributed by atoms with E-state index in [1.807, 2.05) is 12.1 Å². The van der Waals surface area contributed by atoms with Crippen molar-refractivity contribution in [3.8, 4) is 5.75 Å². The lowest BCUT2D eigenvalue weighted by Crippen LogP contribution is -2.45. The van der Waals surface area contributed by atoms with E-state index in [0.29, 0.717) is 6.61 Å². The molecular weight excluding hydrogens is 242 g/mol. The fourth-order valence-corrected chi connectivity index (χ4v) is 2.79. The largest absolute Gasteiger partial charge is 0.488 e. The number of hydrogen-bond acceptors (Lipinski definition) is 4. The molecule has 2 atom stereocenters. The zero-order chi connectivity index (χ0) is 13.1. The highest BCUT2D eigenvalue weighted by Crippen LogP contribution is 2.28. The molecule has 0 bridgehead atoms. The van der Waals surface area contributed by atoms with Crippen molar-refractivity contribution in [2.24, 2.45) is 0 Å². The lowest BCUT2D eigenvalue weighted by atomic mass is 10.0. The molecule has 0 amide bonds. The van der Waals surface area contributed by atoms with Gasteiger partial charge in [0.25, 0.3) is 0 Å². The van der Waals surface area contributed by atoms with E-state index in [2.05, 4.69) is 17.4 Å². The minimum Gasteiger partial charge on any atom is -0.488 e. The number of ether oxygens (including phenoxy) is 3. The van der Waals surface area contributed by atoms with Gasteiger partial charge < -0.3 is 19.5 Å². The van der Waals surface area contributed by atoms with E-state index in [1.165, 1.54) is 5.56 Å². The number of benzene rings is 1. The van der Waals surface area contributed by atoms with Crippen LogP contribution < -0.4 is 10.1 Å². The Morgan fingerprint density at radius 3 is 3.05 bits per heavy atom. The van der Waals surface area contributed by atoms with Crippen LogP contribution in [0.4, 0.5) is 0 Å². The van der Waals surface area contributed by atoms with Crippen LogP contribution in [0, 0.1) is 0 Å². The molecule has 3 rings (SSSR count). The molecular formula is C15H21NO3. The van der Waals surface area contributed by atoms with E-state index >= 15 is 0 Å². The second-order valence-electron chi connectivity index (χ2n) is 5.37. The van der Waals surface area contributed by atoms with Gasteiger partial charge in [0.15, 0.2) is 0 Å². The average Bonchev–Trinajstić information content (AvgIpc) is 3.05. The van der Waals surface area contributed by atoms with E-state index in [1.54, 1.807) is 7.11 Å². The quantitative estimate of drug-likeness (QED) is 0.871. The second kappa shape index (κ2) is 5.49. The highest BCUT2D eigenvalue weighted by molar-refractivity contribution is 5.37. The molecule has 0 spiro atoms. The van der Waals surface area contributed by atoms with Crippen molar-refractivity contribution in [2.45, 2.75) is 24.5 Å². The number of hydrogen-bond donors (Lipinski definition) is 1. The molecule has 104 valence electrons. The number of fused-ring (bicyclic) bond motifs is 1. The summed E-state index contributed by atoms with van der Waals surface area (Å²) >= 11 is 0. The Morgan fingerprint density at radius 1 is 1.42 bits per heavy atom. The molecule has 1 saturated heterocycles. The molecule has 0 aromatic heterocycles. The van der Waals surface area contributed by atoms with Crippen LogP contribution in [0.25, 0.3) is 0 Å². The molecule has 1 N–H and O–H groups in total. The average molecular weight is 263 g/mol. The normalized spacial score (nSPS) is 29.2. The molecule has 1 aromatic carbocycles. The summed E-state index contributed by atoms with van der Waals surface area (Å²) < 4.78 is 16.9. The topological polar surface area (TPSA) is 39.7 Å². The van der Waals surface area contributed by atoms with Crippen LogP contribution in [-0.4, -0.2) is 45.1 Å². The highest BCUT2D eigenvalue weighted by Gasteiger charge is 2.35. The maximum Gasteiger partial charge on any atom is 0.123 e. The molecule has 2 aliphatic heterocycles. The summed E-state index contributed by atoms with van der Waals surface area (Å²) in [6.07, 6.45) is 2.18. The zero-order valence-corrected chi connectivity index (χ0v) is 11.4. The van der Waals surface area contributed by atoms with Crippen LogP contribution in [0.1, 0.15) is 12.0 Å². The summed E-state index contributed by atoms with van der Waals surface area (Å²) in [5.41, 5.74) is 1.16. The third-order valence-corrected chi connectivity index (χ3v) is 4.03. The summed E-state index contributed by atoms with van der Waals surface area (Å²) in [6.45, 7) is 3.14. The van der Waals surface area contributed by atoms with Crippen LogP contribution in [0.2, 0.25) is 0 Å². The lowest BCUT2D eigenvalue weighted by Gasteiger charge is -2.26. The molecule has 19 heavy (non-hydrogen) atoms. The summed E-state index contributed by atoms with van der Waals surface area (Å²) in [6, 6.07) is 8.26. The molecule has 0 aliphatic carbocycles. The lowest BCUT2D eigenvalue weighted by molar-refractivity contribution is -0.0167. The molecule has 1 fully saturated rings. The smallest absolute Gasteiger partial charge is 0.123 e. The maximum absolute atomic E-state index is 5.90. The van der Waals surface area contributed by atoms with Gasteiger partial charge in [-0.2, -0.15) is 0 Å². The van der Waals surface area contributed by atoms with Crippen LogP contribution in [0.15, 0.2) is 24.3 Å². The van der Waals surface area contributed by atoms with Gasteiger partial charge in [0, 0.05) is 39.6 Å². The van der Waals surface area contributed by atoms with Gasteiger partial charge in [-0.15, -0.1) is 0 Å². The number of rotatable bonds is 5. The van der Waals surface area contributed by atoms with Gasteiger partial charge in [0.1, 0.15) is 17.5 Å². The second-order valence-corrected chi connectivity index (χ2v) is 5.37. The molecule has 1 aromatic rings. The predicted molar refractivity (Wildman–Crippen MR) is 72.6 cm³/mol. The van der Waals surface area contributed by atoms with Gasteiger partial charge in [0.2, 0.25) is 0 Å². The van der Waals surface area contributed by atoms with Crippen molar-refractivity contribution in [3.05, 3.63) is 29.8 Å². The van der Waals surface area contributed by atoms with Crippen LogP contribution >= 0.6 is 0 Å². The Labute approximate surface area is 114 Å². The summed E-state index contributed by atoms with van der Waals surface area (Å²) in [5.74, 6) is 1.03. The standard InChI is InChI=1S/C15H21NO3/c1-17-15(6-7-18-11-15)10-16-9-13-8-12-4-2-3-5-14(12)19-13/h2-5,13,16H,6-11H2,1H3. The SMILES string of the molecule is COC1(CNCC2Cc3ccccc3O2)CCOC1. The third-order valence-electron chi connectivity index (χ3n) is 4.03. The van der Waals surface area contributed by atoms with Crippen molar-refractivity contribution >= 4 is 0 Å². The molecule has 4 nitrogen and oxygen atoms in total. The van der Waals surface area contributed by atoms with Gasteiger partial charge >= 0.3 is 0 Å². The first-order valence-electron chi connectivity index (χ1n) is 6.89. The Balaban J connectivity index is 1.47. The van der Waals surface area contributed by atoms with E-state index in [9.17, 15) is 0 Å². The van der Waals surface area contributed by atoms with E-state index in [4.69, 9.17) is 14.2 Å². The van der Waals surface area contributed by atoms with E-state index < -0.39 is 0 Å².